The lowest BCUT2D eigenvalue weighted by molar-refractivity contribution is 0.645. The van der Waals surface area contributed by atoms with Crippen LogP contribution < -0.4 is 14.7 Å². The highest BCUT2D eigenvalue weighted by Crippen LogP contribution is 2.20. The topological polar surface area (TPSA) is 35.5 Å². The second kappa shape index (κ2) is 7.99. The predicted molar refractivity (Wildman–Crippen MR) is 101 cm³/mol. The quantitative estimate of drug-likeness (QED) is 0.816. The van der Waals surface area contributed by atoms with Gasteiger partial charge in [0.1, 0.15) is 5.82 Å². The lowest BCUT2D eigenvalue weighted by atomic mass is 10.2. The molecule has 24 heavy (non-hydrogen) atoms. The third-order valence-electron chi connectivity index (χ3n) is 4.54. The molecule has 0 aliphatic carbocycles. The fraction of sp³-hybridized carbons (Fsp3) is 0.474. The minimum absolute atomic E-state index is 0.825. The number of rotatable bonds is 6. The number of nitrogens with zero attached hydrogens (tertiary/aromatic N) is 5. The fourth-order valence-corrected chi connectivity index (χ4v) is 3.03. The normalized spacial score (nSPS) is 14.8. The van der Waals surface area contributed by atoms with Gasteiger partial charge in [0.2, 0.25) is 5.95 Å². The number of hydrogen-bond donors (Lipinski definition) is 0. The smallest absolute Gasteiger partial charge is 0.226 e. The van der Waals surface area contributed by atoms with E-state index in [1.165, 1.54) is 18.5 Å². The first-order chi connectivity index (χ1) is 11.8. The summed E-state index contributed by atoms with van der Waals surface area (Å²) in [5, 5.41) is 0. The Morgan fingerprint density at radius 3 is 2.42 bits per heavy atom. The van der Waals surface area contributed by atoms with E-state index >= 15 is 0 Å². The van der Waals surface area contributed by atoms with Gasteiger partial charge in [0.15, 0.2) is 0 Å². The summed E-state index contributed by atoms with van der Waals surface area (Å²) in [5.41, 5.74) is 1.31. The third kappa shape index (κ3) is 3.96. The van der Waals surface area contributed by atoms with Crippen molar-refractivity contribution in [3.8, 4) is 0 Å². The molecule has 5 heteroatoms. The Bertz CT molecular complexity index is 623. The molecule has 1 aliphatic rings. The molecule has 5 nitrogen and oxygen atoms in total. The van der Waals surface area contributed by atoms with Crippen molar-refractivity contribution in [2.75, 3.05) is 54.5 Å². The Kier molecular flexibility index (Phi) is 5.51. The van der Waals surface area contributed by atoms with Gasteiger partial charge in [-0.2, -0.15) is 4.98 Å². The van der Waals surface area contributed by atoms with Crippen molar-refractivity contribution >= 4 is 17.5 Å². The molecule has 0 atom stereocenters. The molecule has 0 N–H and O–H groups in total. The van der Waals surface area contributed by atoms with Crippen molar-refractivity contribution in [2.45, 2.75) is 19.8 Å². The zero-order valence-corrected chi connectivity index (χ0v) is 14.7. The Morgan fingerprint density at radius 2 is 1.71 bits per heavy atom. The minimum Gasteiger partial charge on any atom is -0.368 e. The van der Waals surface area contributed by atoms with Crippen molar-refractivity contribution in [1.82, 2.24) is 9.97 Å². The van der Waals surface area contributed by atoms with Gasteiger partial charge in [-0.1, -0.05) is 31.5 Å². The molecule has 0 bridgehead atoms. The van der Waals surface area contributed by atoms with Crippen molar-refractivity contribution in [3.05, 3.63) is 42.6 Å². The van der Waals surface area contributed by atoms with Gasteiger partial charge >= 0.3 is 0 Å². The second-order valence-electron chi connectivity index (χ2n) is 6.30. The van der Waals surface area contributed by atoms with Crippen LogP contribution in [0.3, 0.4) is 0 Å². The molecule has 0 amide bonds. The number of piperazine rings is 1. The van der Waals surface area contributed by atoms with Crippen LogP contribution in [-0.2, 0) is 0 Å². The summed E-state index contributed by atoms with van der Waals surface area (Å²) in [7, 11) is 2.07. The zero-order chi connectivity index (χ0) is 16.8. The molecular weight excluding hydrogens is 298 g/mol. The van der Waals surface area contributed by atoms with Gasteiger partial charge in [-0.15, -0.1) is 0 Å². The first-order valence-corrected chi connectivity index (χ1v) is 8.87. The highest BCUT2D eigenvalue weighted by molar-refractivity contribution is 5.50. The van der Waals surface area contributed by atoms with E-state index in [9.17, 15) is 0 Å². The average Bonchev–Trinajstić information content (AvgIpc) is 2.67. The van der Waals surface area contributed by atoms with Crippen LogP contribution in [0.1, 0.15) is 19.8 Å². The largest absolute Gasteiger partial charge is 0.368 e. The van der Waals surface area contributed by atoms with Crippen LogP contribution in [0, 0.1) is 0 Å². The van der Waals surface area contributed by atoms with E-state index in [-0.39, 0.29) is 0 Å². The number of para-hydroxylation sites is 1. The predicted octanol–water partition coefficient (Wildman–Crippen LogP) is 3.04. The highest BCUT2D eigenvalue weighted by atomic mass is 15.3. The van der Waals surface area contributed by atoms with E-state index in [1.807, 2.05) is 12.3 Å². The van der Waals surface area contributed by atoms with E-state index < -0.39 is 0 Å². The van der Waals surface area contributed by atoms with Gasteiger partial charge in [0.25, 0.3) is 0 Å². The first-order valence-electron chi connectivity index (χ1n) is 8.87. The summed E-state index contributed by atoms with van der Waals surface area (Å²) in [6, 6.07) is 12.7. The molecule has 128 valence electrons. The van der Waals surface area contributed by atoms with Gasteiger partial charge in [0, 0.05) is 51.7 Å². The fourth-order valence-electron chi connectivity index (χ4n) is 3.03. The van der Waals surface area contributed by atoms with Crippen LogP contribution in [0.25, 0.3) is 0 Å². The SMILES string of the molecule is CCCCN(C)c1nccc(N2CCN(c3ccccc3)CC2)n1. The molecule has 1 fully saturated rings. The molecule has 3 rings (SSSR count). The van der Waals surface area contributed by atoms with Crippen LogP contribution in [0.2, 0.25) is 0 Å². The maximum absolute atomic E-state index is 4.77. The summed E-state index contributed by atoms with van der Waals surface area (Å²) >= 11 is 0. The average molecular weight is 325 g/mol. The lowest BCUT2D eigenvalue weighted by Crippen LogP contribution is -2.46. The number of aromatic nitrogens is 2. The Labute approximate surface area is 144 Å². The standard InChI is InChI=1S/C19H27N5/c1-3-4-12-22(2)19-20-11-10-18(21-19)24-15-13-23(14-16-24)17-8-6-5-7-9-17/h5-11H,3-4,12-16H2,1-2H3. The van der Waals surface area contributed by atoms with Crippen LogP contribution in [0.15, 0.2) is 42.6 Å². The molecule has 1 aromatic heterocycles. The Hall–Kier alpha value is -2.30. The summed E-state index contributed by atoms with van der Waals surface area (Å²) < 4.78 is 0. The van der Waals surface area contributed by atoms with Crippen molar-refractivity contribution in [2.24, 2.45) is 0 Å². The van der Waals surface area contributed by atoms with E-state index in [0.29, 0.717) is 0 Å². The Balaban J connectivity index is 1.62. The number of hydrogen-bond acceptors (Lipinski definition) is 5. The maximum atomic E-state index is 4.77. The Morgan fingerprint density at radius 1 is 1.00 bits per heavy atom. The first kappa shape index (κ1) is 16.6. The summed E-state index contributed by atoms with van der Waals surface area (Å²) in [4.78, 5) is 16.1. The molecule has 1 aliphatic heterocycles. The van der Waals surface area contributed by atoms with Crippen LogP contribution in [-0.4, -0.2) is 49.7 Å². The van der Waals surface area contributed by atoms with Crippen molar-refractivity contribution in [1.29, 1.82) is 0 Å². The molecule has 0 saturated carbocycles. The molecular formula is C19H27N5. The van der Waals surface area contributed by atoms with Crippen molar-refractivity contribution in [3.63, 3.8) is 0 Å². The number of benzene rings is 1. The van der Waals surface area contributed by atoms with Gasteiger partial charge in [-0.05, 0) is 24.6 Å². The van der Waals surface area contributed by atoms with E-state index in [2.05, 4.69) is 64.0 Å². The number of unbranched alkanes of at least 4 members (excludes halogenated alkanes) is 1. The summed E-state index contributed by atoms with van der Waals surface area (Å²) in [6.07, 6.45) is 4.23. The van der Waals surface area contributed by atoms with E-state index in [0.717, 1.165) is 44.5 Å². The van der Waals surface area contributed by atoms with Gasteiger partial charge in [-0.3, -0.25) is 0 Å². The highest BCUT2D eigenvalue weighted by Gasteiger charge is 2.19. The summed E-state index contributed by atoms with van der Waals surface area (Å²) in [5.74, 6) is 1.86. The maximum Gasteiger partial charge on any atom is 0.226 e. The molecule has 1 aromatic carbocycles. The molecule has 0 radical (unpaired) electrons. The zero-order valence-electron chi connectivity index (χ0n) is 14.7. The molecule has 0 spiro atoms. The van der Waals surface area contributed by atoms with Crippen LogP contribution in [0.4, 0.5) is 17.5 Å². The molecule has 1 saturated heterocycles. The van der Waals surface area contributed by atoms with E-state index in [4.69, 9.17) is 4.98 Å². The van der Waals surface area contributed by atoms with Crippen LogP contribution >= 0.6 is 0 Å². The van der Waals surface area contributed by atoms with Gasteiger partial charge in [0.05, 0.1) is 0 Å². The van der Waals surface area contributed by atoms with E-state index in [1.54, 1.807) is 0 Å². The molecule has 2 heterocycles. The third-order valence-corrected chi connectivity index (χ3v) is 4.54. The van der Waals surface area contributed by atoms with Gasteiger partial charge in [-0.25, -0.2) is 4.98 Å². The number of anilines is 3. The molecule has 2 aromatic rings. The van der Waals surface area contributed by atoms with Crippen LogP contribution in [0.5, 0.6) is 0 Å². The monoisotopic (exact) mass is 325 g/mol. The summed E-state index contributed by atoms with van der Waals surface area (Å²) in [6.45, 7) is 7.23. The van der Waals surface area contributed by atoms with Crippen molar-refractivity contribution < 1.29 is 0 Å². The van der Waals surface area contributed by atoms with Gasteiger partial charge < -0.3 is 14.7 Å². The second-order valence-corrected chi connectivity index (χ2v) is 6.30. The lowest BCUT2D eigenvalue weighted by Gasteiger charge is -2.36. The molecule has 0 unspecified atom stereocenters. The minimum atomic E-state index is 0.825.